The maximum absolute atomic E-state index is 14.7. The van der Waals surface area contributed by atoms with Crippen molar-refractivity contribution < 1.29 is 24.3 Å². The van der Waals surface area contributed by atoms with Gasteiger partial charge in [-0.3, -0.25) is 19.2 Å². The summed E-state index contributed by atoms with van der Waals surface area (Å²) in [5.41, 5.74) is 2.63. The maximum atomic E-state index is 14.7. The standard InChI is InChI=1S/C38H45N5O5/c1-25(39-2)36(46)40-34(27-12-6-3-7-13-27)38(48)41-24-33(45)43-31(22-26-18-20-30(44)21-19-26)37(47)42(23-32(41)43)35(28-14-8-4-9-15-28)29-16-10-5-11-17-29/h4-5,8-11,14-21,25,27,31-32,34-35,39,44H,3,6-7,12-13,22-24H2,1-2H3,(H,40,46)/t25-,31-,32+,34-/m0/s1. The van der Waals surface area contributed by atoms with Crippen molar-refractivity contribution in [2.45, 2.75) is 75.8 Å². The Morgan fingerprint density at radius 2 is 1.48 bits per heavy atom. The molecule has 3 aliphatic rings. The molecule has 0 aromatic heterocycles. The second kappa shape index (κ2) is 14.6. The minimum atomic E-state index is -0.874. The van der Waals surface area contributed by atoms with Crippen molar-refractivity contribution in [2.24, 2.45) is 5.92 Å². The van der Waals surface area contributed by atoms with Crippen LogP contribution in [-0.4, -0.2) is 87.9 Å². The number of hydrogen-bond donors (Lipinski definition) is 3. The lowest BCUT2D eigenvalue weighted by Gasteiger charge is -2.47. The third kappa shape index (κ3) is 6.80. The van der Waals surface area contributed by atoms with Crippen LogP contribution in [0, 0.1) is 5.92 Å². The van der Waals surface area contributed by atoms with E-state index in [1.165, 1.54) is 0 Å². The highest BCUT2D eigenvalue weighted by Crippen LogP contribution is 2.37. The van der Waals surface area contributed by atoms with Gasteiger partial charge in [0, 0.05) is 6.42 Å². The summed E-state index contributed by atoms with van der Waals surface area (Å²) in [6.45, 7) is 1.71. The van der Waals surface area contributed by atoms with E-state index in [0.29, 0.717) is 0 Å². The average molecular weight is 652 g/mol. The molecule has 48 heavy (non-hydrogen) atoms. The Labute approximate surface area is 282 Å². The molecule has 0 spiro atoms. The smallest absolute Gasteiger partial charge is 0.247 e. The van der Waals surface area contributed by atoms with Crippen molar-refractivity contribution in [2.75, 3.05) is 20.1 Å². The first kappa shape index (κ1) is 33.2. The summed E-state index contributed by atoms with van der Waals surface area (Å²) < 4.78 is 0. The van der Waals surface area contributed by atoms with Crippen LogP contribution in [0.15, 0.2) is 84.9 Å². The molecule has 2 heterocycles. The predicted molar refractivity (Wildman–Crippen MR) is 181 cm³/mol. The molecule has 10 heteroatoms. The van der Waals surface area contributed by atoms with E-state index in [1.807, 2.05) is 65.6 Å². The van der Waals surface area contributed by atoms with Crippen molar-refractivity contribution in [3.05, 3.63) is 102 Å². The molecular weight excluding hydrogens is 606 g/mol. The Hall–Kier alpha value is -4.70. The Morgan fingerprint density at radius 1 is 0.875 bits per heavy atom. The summed E-state index contributed by atoms with van der Waals surface area (Å²) in [7, 11) is 1.70. The number of fused-ring (bicyclic) bond motifs is 1. The fraction of sp³-hybridized carbons (Fsp3) is 0.421. The van der Waals surface area contributed by atoms with Crippen LogP contribution in [0.4, 0.5) is 0 Å². The monoisotopic (exact) mass is 651 g/mol. The van der Waals surface area contributed by atoms with Crippen LogP contribution in [0.2, 0.25) is 0 Å². The highest BCUT2D eigenvalue weighted by atomic mass is 16.3. The average Bonchev–Trinajstić information content (AvgIpc) is 3.45. The number of phenolic OH excluding ortho intramolecular Hbond substituents is 1. The molecule has 2 aliphatic heterocycles. The summed E-state index contributed by atoms with van der Waals surface area (Å²) in [5.74, 6) is -0.980. The number of nitrogens with zero attached hydrogens (tertiary/aromatic N) is 3. The van der Waals surface area contributed by atoms with E-state index in [1.54, 1.807) is 48.0 Å². The van der Waals surface area contributed by atoms with Crippen LogP contribution in [0.5, 0.6) is 5.75 Å². The molecule has 4 amide bonds. The highest BCUT2D eigenvalue weighted by Gasteiger charge is 2.54. The van der Waals surface area contributed by atoms with E-state index in [0.717, 1.165) is 48.8 Å². The Morgan fingerprint density at radius 3 is 2.06 bits per heavy atom. The molecule has 3 aromatic rings. The molecule has 3 fully saturated rings. The summed E-state index contributed by atoms with van der Waals surface area (Å²) in [4.78, 5) is 61.5. The Bertz CT molecular complexity index is 1560. The zero-order chi connectivity index (χ0) is 33.8. The molecule has 4 atom stereocenters. The summed E-state index contributed by atoms with van der Waals surface area (Å²) in [5, 5.41) is 15.9. The number of amides is 4. The maximum Gasteiger partial charge on any atom is 0.247 e. The van der Waals surface area contributed by atoms with Gasteiger partial charge in [0.15, 0.2) is 0 Å². The molecule has 252 valence electrons. The molecule has 1 aliphatic carbocycles. The van der Waals surface area contributed by atoms with Gasteiger partial charge in [-0.05, 0) is 61.6 Å². The first-order chi connectivity index (χ1) is 23.3. The van der Waals surface area contributed by atoms with Gasteiger partial charge in [0.2, 0.25) is 23.6 Å². The third-order valence-electron chi connectivity index (χ3n) is 10.2. The van der Waals surface area contributed by atoms with Gasteiger partial charge in [0.1, 0.15) is 30.5 Å². The van der Waals surface area contributed by atoms with Gasteiger partial charge in [-0.15, -0.1) is 0 Å². The molecule has 3 N–H and O–H groups in total. The third-order valence-corrected chi connectivity index (χ3v) is 10.2. The number of benzene rings is 3. The van der Waals surface area contributed by atoms with Crippen LogP contribution < -0.4 is 10.6 Å². The van der Waals surface area contributed by atoms with E-state index in [4.69, 9.17) is 0 Å². The number of phenols is 1. The van der Waals surface area contributed by atoms with Gasteiger partial charge in [-0.1, -0.05) is 92.1 Å². The van der Waals surface area contributed by atoms with Crippen LogP contribution in [0.3, 0.4) is 0 Å². The van der Waals surface area contributed by atoms with Gasteiger partial charge in [-0.2, -0.15) is 0 Å². The van der Waals surface area contributed by atoms with Crippen molar-refractivity contribution in [1.82, 2.24) is 25.3 Å². The molecule has 2 saturated heterocycles. The lowest BCUT2D eigenvalue weighted by molar-refractivity contribution is -0.158. The quantitative estimate of drug-likeness (QED) is 0.308. The number of rotatable bonds is 10. The summed E-state index contributed by atoms with van der Waals surface area (Å²) in [6, 6.07) is 23.7. The van der Waals surface area contributed by atoms with Crippen molar-refractivity contribution in [1.29, 1.82) is 0 Å². The summed E-state index contributed by atoms with van der Waals surface area (Å²) in [6.07, 6.45) is 4.19. The first-order valence-corrected chi connectivity index (χ1v) is 17.0. The van der Waals surface area contributed by atoms with Gasteiger partial charge < -0.3 is 30.4 Å². The predicted octanol–water partition coefficient (Wildman–Crippen LogP) is 3.61. The lowest BCUT2D eigenvalue weighted by Crippen LogP contribution is -2.66. The molecule has 1 saturated carbocycles. The fourth-order valence-corrected chi connectivity index (χ4v) is 7.55. The van der Waals surface area contributed by atoms with Crippen LogP contribution in [-0.2, 0) is 25.6 Å². The highest BCUT2D eigenvalue weighted by molar-refractivity contribution is 5.97. The van der Waals surface area contributed by atoms with Gasteiger partial charge >= 0.3 is 0 Å². The summed E-state index contributed by atoms with van der Waals surface area (Å²) >= 11 is 0. The minimum absolute atomic E-state index is 0.0427. The lowest BCUT2D eigenvalue weighted by atomic mass is 9.83. The molecule has 10 nitrogen and oxygen atoms in total. The molecule has 0 unspecified atom stereocenters. The van der Waals surface area contributed by atoms with Crippen molar-refractivity contribution in [3.8, 4) is 5.75 Å². The van der Waals surface area contributed by atoms with Gasteiger partial charge in [0.05, 0.1) is 18.6 Å². The van der Waals surface area contributed by atoms with Crippen LogP contribution >= 0.6 is 0 Å². The number of piperazine rings is 1. The number of nitrogens with one attached hydrogen (secondary N) is 2. The largest absolute Gasteiger partial charge is 0.508 e. The van der Waals surface area contributed by atoms with Crippen molar-refractivity contribution in [3.63, 3.8) is 0 Å². The molecule has 0 radical (unpaired) electrons. The topological polar surface area (TPSA) is 122 Å². The van der Waals surface area contributed by atoms with E-state index < -0.39 is 30.3 Å². The zero-order valence-electron chi connectivity index (χ0n) is 27.6. The second-order valence-corrected chi connectivity index (χ2v) is 13.2. The Kier molecular flexibility index (Phi) is 10.1. The zero-order valence-corrected chi connectivity index (χ0v) is 27.6. The van der Waals surface area contributed by atoms with E-state index in [2.05, 4.69) is 10.6 Å². The number of carbonyl (C=O) groups excluding carboxylic acids is 4. The van der Waals surface area contributed by atoms with Crippen LogP contribution in [0.1, 0.15) is 61.8 Å². The molecule has 3 aromatic carbocycles. The van der Waals surface area contributed by atoms with E-state index in [9.17, 15) is 24.3 Å². The minimum Gasteiger partial charge on any atom is -0.508 e. The number of likely N-dealkylation sites (N-methyl/N-ethyl adjacent to an activating group) is 1. The Balaban J connectivity index is 1.40. The molecule has 6 rings (SSSR count). The van der Waals surface area contributed by atoms with Gasteiger partial charge in [0.25, 0.3) is 0 Å². The molecule has 0 bridgehead atoms. The number of aromatic hydroxyl groups is 1. The fourth-order valence-electron chi connectivity index (χ4n) is 7.55. The number of hydrogen-bond acceptors (Lipinski definition) is 6. The van der Waals surface area contributed by atoms with Crippen LogP contribution in [0.25, 0.3) is 0 Å². The molecular formula is C38H45N5O5. The normalized spacial score (nSPS) is 21.3. The van der Waals surface area contributed by atoms with E-state index in [-0.39, 0.29) is 54.8 Å². The first-order valence-electron chi connectivity index (χ1n) is 17.0. The van der Waals surface area contributed by atoms with E-state index >= 15 is 0 Å². The SMILES string of the molecule is CN[C@@H](C)C(=O)N[C@H](C(=O)N1CC(=O)N2[C@@H]1CN(C(c1ccccc1)c1ccccc1)C(=O)[C@@H]2Cc1ccc(O)cc1)C1CCCCC1. The second-order valence-electron chi connectivity index (χ2n) is 13.2. The number of carbonyl (C=O) groups is 4. The van der Waals surface area contributed by atoms with Crippen molar-refractivity contribution >= 4 is 23.6 Å². The van der Waals surface area contributed by atoms with Gasteiger partial charge in [-0.25, -0.2) is 0 Å².